The number of halogens is 6. The van der Waals surface area contributed by atoms with Crippen molar-refractivity contribution in [1.82, 2.24) is 0 Å². The highest BCUT2D eigenvalue weighted by atomic mass is 19.4. The fraction of sp³-hybridized carbons (Fsp3) is 0.308. The van der Waals surface area contributed by atoms with Crippen molar-refractivity contribution in [2.45, 2.75) is 51.4 Å². The van der Waals surface area contributed by atoms with E-state index < -0.39 is 23.5 Å². The van der Waals surface area contributed by atoms with E-state index >= 15 is 0 Å². The summed E-state index contributed by atoms with van der Waals surface area (Å²) in [7, 11) is 0. The summed E-state index contributed by atoms with van der Waals surface area (Å²) in [5.74, 6) is -0.316. The van der Waals surface area contributed by atoms with Gasteiger partial charge in [0.2, 0.25) is 0 Å². The van der Waals surface area contributed by atoms with Crippen LogP contribution in [-0.4, -0.2) is 0 Å². The third-order valence-electron chi connectivity index (χ3n) is 5.81. The van der Waals surface area contributed by atoms with Crippen molar-refractivity contribution in [3.8, 4) is 0 Å². The fourth-order valence-electron chi connectivity index (χ4n) is 4.16. The molecule has 170 valence electrons. The first-order valence-electron chi connectivity index (χ1n) is 10.4. The molecule has 0 spiro atoms. The Balaban J connectivity index is 2.12. The van der Waals surface area contributed by atoms with Gasteiger partial charge in [0, 0.05) is 5.92 Å². The number of allylic oxidation sites excluding steroid dienone is 6. The Kier molecular flexibility index (Phi) is 7.01. The van der Waals surface area contributed by atoms with Gasteiger partial charge in [0.25, 0.3) is 0 Å². The predicted molar refractivity (Wildman–Crippen MR) is 114 cm³/mol. The summed E-state index contributed by atoms with van der Waals surface area (Å²) in [6, 6.07) is 9.50. The van der Waals surface area contributed by atoms with E-state index in [1.54, 1.807) is 0 Å². The van der Waals surface area contributed by atoms with Crippen molar-refractivity contribution in [2.24, 2.45) is 0 Å². The van der Waals surface area contributed by atoms with E-state index in [0.29, 0.717) is 0 Å². The van der Waals surface area contributed by atoms with Crippen LogP contribution < -0.4 is 0 Å². The average Bonchev–Trinajstić information content (AvgIpc) is 2.85. The molecule has 2 aromatic rings. The summed E-state index contributed by atoms with van der Waals surface area (Å²) in [6.45, 7) is 3.81. The maximum atomic E-state index is 13.3. The Morgan fingerprint density at radius 1 is 0.875 bits per heavy atom. The molecule has 0 amide bonds. The molecule has 1 atom stereocenters. The SMILES string of the molecule is C/C=C\C=C/C1=C(C)C(Cc2cc(C(F)(F)F)cc(C(F)(F)F)c2)c2ccccc2CC1. The van der Waals surface area contributed by atoms with Gasteiger partial charge >= 0.3 is 12.4 Å². The molecule has 0 radical (unpaired) electrons. The van der Waals surface area contributed by atoms with Crippen molar-refractivity contribution in [2.75, 3.05) is 0 Å². The molecule has 0 aliphatic heterocycles. The van der Waals surface area contributed by atoms with Crippen LogP contribution in [0.1, 0.15) is 54.0 Å². The lowest BCUT2D eigenvalue weighted by atomic mass is 9.83. The second kappa shape index (κ2) is 9.39. The molecular formula is C26H24F6. The van der Waals surface area contributed by atoms with E-state index in [1.807, 2.05) is 62.4 Å². The van der Waals surface area contributed by atoms with E-state index in [9.17, 15) is 26.3 Å². The first kappa shape index (κ1) is 23.9. The van der Waals surface area contributed by atoms with Gasteiger partial charge in [0.1, 0.15) is 0 Å². The quantitative estimate of drug-likeness (QED) is 0.324. The summed E-state index contributed by atoms with van der Waals surface area (Å²) in [6.07, 6.45) is -0.506. The molecule has 32 heavy (non-hydrogen) atoms. The van der Waals surface area contributed by atoms with Crippen LogP contribution in [-0.2, 0) is 25.2 Å². The number of hydrogen-bond acceptors (Lipinski definition) is 0. The summed E-state index contributed by atoms with van der Waals surface area (Å²) < 4.78 is 80.0. The molecule has 0 fully saturated rings. The molecule has 0 aromatic heterocycles. The second-order valence-electron chi connectivity index (χ2n) is 7.96. The lowest BCUT2D eigenvalue weighted by molar-refractivity contribution is -0.143. The van der Waals surface area contributed by atoms with Crippen LogP contribution in [0.3, 0.4) is 0 Å². The lowest BCUT2D eigenvalue weighted by Crippen LogP contribution is -2.13. The predicted octanol–water partition coefficient (Wildman–Crippen LogP) is 8.45. The summed E-state index contributed by atoms with van der Waals surface area (Å²) >= 11 is 0. The maximum Gasteiger partial charge on any atom is 0.416 e. The average molecular weight is 450 g/mol. The number of rotatable bonds is 4. The van der Waals surface area contributed by atoms with Gasteiger partial charge in [-0.3, -0.25) is 0 Å². The molecule has 0 saturated carbocycles. The van der Waals surface area contributed by atoms with Gasteiger partial charge in [0.15, 0.2) is 0 Å². The third-order valence-corrected chi connectivity index (χ3v) is 5.81. The van der Waals surface area contributed by atoms with Crippen molar-refractivity contribution < 1.29 is 26.3 Å². The van der Waals surface area contributed by atoms with Crippen molar-refractivity contribution in [1.29, 1.82) is 0 Å². The minimum absolute atomic E-state index is 0.0185. The number of alkyl halides is 6. The van der Waals surface area contributed by atoms with E-state index in [2.05, 4.69) is 0 Å². The van der Waals surface area contributed by atoms with Crippen LogP contribution in [0.5, 0.6) is 0 Å². The lowest BCUT2D eigenvalue weighted by Gasteiger charge is -2.22. The van der Waals surface area contributed by atoms with E-state index in [4.69, 9.17) is 0 Å². The Morgan fingerprint density at radius 3 is 2.09 bits per heavy atom. The van der Waals surface area contributed by atoms with Crippen LogP contribution >= 0.6 is 0 Å². The molecule has 3 rings (SSSR count). The Hall–Kier alpha value is -2.76. The highest BCUT2D eigenvalue weighted by Crippen LogP contribution is 2.40. The van der Waals surface area contributed by atoms with Crippen LogP contribution in [0.25, 0.3) is 0 Å². The molecular weight excluding hydrogens is 426 g/mol. The van der Waals surface area contributed by atoms with E-state index in [-0.39, 0.29) is 24.0 Å². The minimum Gasteiger partial charge on any atom is -0.166 e. The smallest absolute Gasteiger partial charge is 0.166 e. The van der Waals surface area contributed by atoms with Crippen molar-refractivity contribution in [3.05, 3.63) is 106 Å². The Labute approximate surface area is 184 Å². The molecule has 1 aliphatic rings. The molecule has 0 heterocycles. The monoisotopic (exact) mass is 450 g/mol. The standard InChI is InChI=1S/C26H24F6/c1-3-4-5-8-19-11-12-20-9-6-7-10-23(20)24(17(19)2)15-18-13-21(25(27,28)29)16-22(14-18)26(30,31)32/h3-10,13-14,16,24H,11-12,15H2,1-2H3/b4-3-,8-5-. The zero-order valence-electron chi connectivity index (χ0n) is 17.8. The molecule has 1 aliphatic carbocycles. The third kappa shape index (κ3) is 5.53. The minimum atomic E-state index is -4.86. The fourth-order valence-corrected chi connectivity index (χ4v) is 4.16. The van der Waals surface area contributed by atoms with Crippen molar-refractivity contribution >= 4 is 0 Å². The number of benzene rings is 2. The van der Waals surface area contributed by atoms with Crippen LogP contribution in [0.4, 0.5) is 26.3 Å². The molecule has 2 aromatic carbocycles. The molecule has 0 N–H and O–H groups in total. The summed E-state index contributed by atoms with van der Waals surface area (Å²) in [4.78, 5) is 0. The normalized spacial score (nSPS) is 17.8. The summed E-state index contributed by atoms with van der Waals surface area (Å²) in [5.41, 5.74) is 1.48. The van der Waals surface area contributed by atoms with Crippen molar-refractivity contribution in [3.63, 3.8) is 0 Å². The van der Waals surface area contributed by atoms with E-state index in [0.717, 1.165) is 47.2 Å². The van der Waals surface area contributed by atoms with Gasteiger partial charge in [-0.2, -0.15) is 26.3 Å². The van der Waals surface area contributed by atoms with Gasteiger partial charge in [-0.1, -0.05) is 54.1 Å². The summed E-state index contributed by atoms with van der Waals surface area (Å²) in [5, 5.41) is 0. The number of fused-ring (bicyclic) bond motifs is 1. The van der Waals surface area contributed by atoms with Gasteiger partial charge in [0.05, 0.1) is 11.1 Å². The molecule has 0 nitrogen and oxygen atoms in total. The van der Waals surface area contributed by atoms with Gasteiger partial charge in [-0.25, -0.2) is 0 Å². The van der Waals surface area contributed by atoms with Crippen LogP contribution in [0.15, 0.2) is 77.9 Å². The molecule has 0 saturated heterocycles. The molecule has 6 heteroatoms. The van der Waals surface area contributed by atoms with E-state index in [1.165, 1.54) is 0 Å². The first-order chi connectivity index (χ1) is 15.0. The largest absolute Gasteiger partial charge is 0.416 e. The van der Waals surface area contributed by atoms with Gasteiger partial charge in [-0.05, 0) is 73.6 Å². The van der Waals surface area contributed by atoms with Crippen LogP contribution in [0, 0.1) is 0 Å². The molecule has 1 unspecified atom stereocenters. The Morgan fingerprint density at radius 2 is 1.50 bits per heavy atom. The number of hydrogen-bond donors (Lipinski definition) is 0. The second-order valence-corrected chi connectivity index (χ2v) is 7.96. The van der Waals surface area contributed by atoms with Gasteiger partial charge in [-0.15, -0.1) is 0 Å². The number of aryl methyl sites for hydroxylation is 1. The maximum absolute atomic E-state index is 13.3. The zero-order chi connectivity index (χ0) is 23.5. The Bertz CT molecular complexity index is 1020. The highest BCUT2D eigenvalue weighted by molar-refractivity contribution is 5.45. The zero-order valence-corrected chi connectivity index (χ0v) is 17.8. The topological polar surface area (TPSA) is 0 Å². The van der Waals surface area contributed by atoms with Gasteiger partial charge < -0.3 is 0 Å². The first-order valence-corrected chi connectivity index (χ1v) is 10.4. The molecule has 0 bridgehead atoms. The van der Waals surface area contributed by atoms with Crippen LogP contribution in [0.2, 0.25) is 0 Å². The highest BCUT2D eigenvalue weighted by Gasteiger charge is 2.37.